The van der Waals surface area contributed by atoms with E-state index in [0.29, 0.717) is 11.3 Å². The van der Waals surface area contributed by atoms with Gasteiger partial charge in [0.05, 0.1) is 13.8 Å². The minimum Gasteiger partial charge on any atom is -0.496 e. The predicted molar refractivity (Wildman–Crippen MR) is 70.7 cm³/mol. The number of piperazine rings is 1. The van der Waals surface area contributed by atoms with Crippen molar-refractivity contribution in [1.82, 2.24) is 10.2 Å². The number of benzene rings is 1. The number of hydrogen-bond donors (Lipinski definition) is 1. The largest absolute Gasteiger partial charge is 0.496 e. The first-order valence-electron chi connectivity index (χ1n) is 6.61. The highest BCUT2D eigenvalue weighted by molar-refractivity contribution is 5.37. The Hall–Kier alpha value is -1.20. The molecule has 1 aromatic carbocycles. The number of nitrogens with one attached hydrogen (secondary N) is 1. The van der Waals surface area contributed by atoms with Gasteiger partial charge in [0.2, 0.25) is 0 Å². The van der Waals surface area contributed by atoms with E-state index in [-0.39, 0.29) is 18.3 Å². The topological polar surface area (TPSA) is 24.5 Å². The van der Waals surface area contributed by atoms with E-state index in [1.807, 2.05) is 0 Å². The molecule has 2 rings (SSSR count). The standard InChI is InChI=1S/C14H20F2N2O/c1-19-13-4-2-3-11(16)14(13)12(5-6-15)18-9-7-17-8-10-18/h2-4,12,17H,5-10H2,1H3/t12-/m1/s1. The van der Waals surface area contributed by atoms with E-state index in [9.17, 15) is 8.78 Å². The van der Waals surface area contributed by atoms with Gasteiger partial charge in [-0.3, -0.25) is 9.29 Å². The highest BCUT2D eigenvalue weighted by Crippen LogP contribution is 2.34. The van der Waals surface area contributed by atoms with Crippen molar-refractivity contribution in [3.8, 4) is 5.75 Å². The number of hydrogen-bond acceptors (Lipinski definition) is 3. The maximum absolute atomic E-state index is 14.1. The van der Waals surface area contributed by atoms with E-state index in [0.717, 1.165) is 26.2 Å². The van der Waals surface area contributed by atoms with Crippen molar-refractivity contribution < 1.29 is 13.5 Å². The van der Waals surface area contributed by atoms with Crippen LogP contribution in [0.1, 0.15) is 18.0 Å². The van der Waals surface area contributed by atoms with Crippen LogP contribution in [0.4, 0.5) is 8.78 Å². The van der Waals surface area contributed by atoms with Gasteiger partial charge in [0.1, 0.15) is 11.6 Å². The fraction of sp³-hybridized carbons (Fsp3) is 0.571. The molecule has 0 radical (unpaired) electrons. The van der Waals surface area contributed by atoms with E-state index < -0.39 is 6.67 Å². The van der Waals surface area contributed by atoms with Crippen molar-refractivity contribution in [3.05, 3.63) is 29.6 Å². The summed E-state index contributed by atoms with van der Waals surface area (Å²) in [5.74, 6) is 0.174. The Kier molecular flexibility index (Phi) is 5.10. The molecule has 1 fully saturated rings. The van der Waals surface area contributed by atoms with Crippen molar-refractivity contribution in [2.45, 2.75) is 12.5 Å². The summed E-state index contributed by atoms with van der Waals surface area (Å²) in [5, 5.41) is 3.25. The Labute approximate surface area is 112 Å². The summed E-state index contributed by atoms with van der Waals surface area (Å²) in [4.78, 5) is 2.12. The number of halogens is 2. The lowest BCUT2D eigenvalue weighted by Gasteiger charge is -2.35. The third-order valence-electron chi connectivity index (χ3n) is 3.54. The predicted octanol–water partition coefficient (Wildman–Crippen LogP) is 2.14. The molecular formula is C14H20F2N2O. The van der Waals surface area contributed by atoms with Crippen molar-refractivity contribution in [2.24, 2.45) is 0 Å². The van der Waals surface area contributed by atoms with E-state index in [1.54, 1.807) is 12.1 Å². The van der Waals surface area contributed by atoms with Crippen LogP contribution < -0.4 is 10.1 Å². The summed E-state index contributed by atoms with van der Waals surface area (Å²) in [5.41, 5.74) is 0.476. The summed E-state index contributed by atoms with van der Waals surface area (Å²) in [6.07, 6.45) is 0.289. The lowest BCUT2D eigenvalue weighted by atomic mass is 10.00. The van der Waals surface area contributed by atoms with E-state index in [1.165, 1.54) is 13.2 Å². The Morgan fingerprint density at radius 1 is 1.37 bits per heavy atom. The minimum atomic E-state index is -0.466. The summed E-state index contributed by atoms with van der Waals surface area (Å²) < 4.78 is 32.2. The number of rotatable bonds is 5. The monoisotopic (exact) mass is 270 g/mol. The van der Waals surface area contributed by atoms with Crippen LogP contribution in [0.25, 0.3) is 0 Å². The normalized spacial score (nSPS) is 18.3. The molecule has 1 heterocycles. The molecule has 0 bridgehead atoms. The second-order valence-electron chi connectivity index (χ2n) is 4.64. The zero-order valence-electron chi connectivity index (χ0n) is 11.2. The highest BCUT2D eigenvalue weighted by atomic mass is 19.1. The molecule has 19 heavy (non-hydrogen) atoms. The van der Waals surface area contributed by atoms with Crippen molar-refractivity contribution >= 4 is 0 Å². The van der Waals surface area contributed by atoms with Crippen LogP contribution in [-0.2, 0) is 0 Å². The average molecular weight is 270 g/mol. The summed E-state index contributed by atoms with van der Waals surface area (Å²) in [6.45, 7) is 2.81. The van der Waals surface area contributed by atoms with Crippen LogP contribution in [0.5, 0.6) is 5.75 Å². The van der Waals surface area contributed by atoms with Gasteiger partial charge in [-0.1, -0.05) is 6.07 Å². The van der Waals surface area contributed by atoms with Crippen molar-refractivity contribution in [1.29, 1.82) is 0 Å². The average Bonchev–Trinajstić information content (AvgIpc) is 2.46. The molecule has 0 amide bonds. The number of ether oxygens (including phenoxy) is 1. The first kappa shape index (κ1) is 14.2. The van der Waals surface area contributed by atoms with Crippen LogP contribution in [0.2, 0.25) is 0 Å². The molecule has 0 aromatic heterocycles. The molecule has 106 valence electrons. The fourth-order valence-electron chi connectivity index (χ4n) is 2.63. The van der Waals surface area contributed by atoms with Gasteiger partial charge in [-0.15, -0.1) is 0 Å². The summed E-state index contributed by atoms with van der Waals surface area (Å²) in [6, 6.07) is 4.49. The van der Waals surface area contributed by atoms with E-state index >= 15 is 0 Å². The minimum absolute atomic E-state index is 0.261. The van der Waals surface area contributed by atoms with Gasteiger partial charge in [0, 0.05) is 37.8 Å². The molecule has 0 unspecified atom stereocenters. The van der Waals surface area contributed by atoms with E-state index in [4.69, 9.17) is 4.74 Å². The van der Waals surface area contributed by atoms with Gasteiger partial charge in [-0.2, -0.15) is 0 Å². The third-order valence-corrected chi connectivity index (χ3v) is 3.54. The molecular weight excluding hydrogens is 250 g/mol. The Morgan fingerprint density at radius 3 is 2.74 bits per heavy atom. The van der Waals surface area contributed by atoms with Crippen LogP contribution in [0.15, 0.2) is 18.2 Å². The van der Waals surface area contributed by atoms with Crippen LogP contribution in [0.3, 0.4) is 0 Å². The fourth-order valence-corrected chi connectivity index (χ4v) is 2.63. The Balaban J connectivity index is 2.32. The summed E-state index contributed by atoms with van der Waals surface area (Å²) in [7, 11) is 1.52. The highest BCUT2D eigenvalue weighted by Gasteiger charge is 2.27. The molecule has 1 saturated heterocycles. The maximum Gasteiger partial charge on any atom is 0.131 e. The zero-order valence-corrected chi connectivity index (χ0v) is 11.2. The molecule has 0 saturated carbocycles. The molecule has 0 spiro atoms. The molecule has 1 atom stereocenters. The number of nitrogens with zero attached hydrogens (tertiary/aromatic N) is 1. The van der Waals surface area contributed by atoms with Gasteiger partial charge >= 0.3 is 0 Å². The van der Waals surface area contributed by atoms with Crippen LogP contribution in [0, 0.1) is 5.82 Å². The lowest BCUT2D eigenvalue weighted by molar-refractivity contribution is 0.151. The first-order valence-corrected chi connectivity index (χ1v) is 6.61. The Morgan fingerprint density at radius 2 is 2.11 bits per heavy atom. The molecule has 1 aromatic rings. The summed E-state index contributed by atoms with van der Waals surface area (Å²) >= 11 is 0. The van der Waals surface area contributed by atoms with Gasteiger partial charge in [-0.05, 0) is 18.6 Å². The SMILES string of the molecule is COc1cccc(F)c1[C@@H](CCF)N1CCNCC1. The molecule has 1 N–H and O–H groups in total. The van der Waals surface area contributed by atoms with Crippen LogP contribution >= 0.6 is 0 Å². The zero-order chi connectivity index (χ0) is 13.7. The van der Waals surface area contributed by atoms with Crippen LogP contribution in [-0.4, -0.2) is 44.9 Å². The smallest absolute Gasteiger partial charge is 0.131 e. The molecule has 0 aliphatic carbocycles. The second kappa shape index (κ2) is 6.82. The van der Waals surface area contributed by atoms with Crippen molar-refractivity contribution in [3.63, 3.8) is 0 Å². The Bertz CT molecular complexity index is 408. The maximum atomic E-state index is 14.1. The lowest BCUT2D eigenvalue weighted by Crippen LogP contribution is -2.45. The third kappa shape index (κ3) is 3.22. The first-order chi connectivity index (χ1) is 9.27. The van der Waals surface area contributed by atoms with Gasteiger partial charge in [0.15, 0.2) is 0 Å². The van der Waals surface area contributed by atoms with Crippen molar-refractivity contribution in [2.75, 3.05) is 40.0 Å². The molecule has 1 aliphatic heterocycles. The van der Waals surface area contributed by atoms with Gasteiger partial charge in [0.25, 0.3) is 0 Å². The number of alkyl halides is 1. The van der Waals surface area contributed by atoms with Gasteiger partial charge in [-0.25, -0.2) is 4.39 Å². The quantitative estimate of drug-likeness (QED) is 0.887. The molecule has 1 aliphatic rings. The second-order valence-corrected chi connectivity index (χ2v) is 4.64. The molecule has 3 nitrogen and oxygen atoms in total. The number of methoxy groups -OCH3 is 1. The van der Waals surface area contributed by atoms with E-state index in [2.05, 4.69) is 10.2 Å². The molecule has 5 heteroatoms. The van der Waals surface area contributed by atoms with Gasteiger partial charge < -0.3 is 10.1 Å².